The summed E-state index contributed by atoms with van der Waals surface area (Å²) in [5.74, 6) is 1.01. The van der Waals surface area contributed by atoms with Crippen LogP contribution in [-0.2, 0) is 11.2 Å². The van der Waals surface area contributed by atoms with E-state index in [0.717, 1.165) is 31.5 Å². The van der Waals surface area contributed by atoms with Crippen LogP contribution in [0.25, 0.3) is 0 Å². The van der Waals surface area contributed by atoms with E-state index in [2.05, 4.69) is 29.3 Å². The van der Waals surface area contributed by atoms with Crippen molar-refractivity contribution in [1.82, 2.24) is 15.1 Å². The smallest absolute Gasteiger partial charge is 0.277 e. The van der Waals surface area contributed by atoms with Crippen molar-refractivity contribution in [3.63, 3.8) is 0 Å². The molecule has 0 aliphatic carbocycles. The summed E-state index contributed by atoms with van der Waals surface area (Å²) in [4.78, 5) is 15.1. The molecule has 0 bridgehead atoms. The predicted octanol–water partition coefficient (Wildman–Crippen LogP) is 4.87. The van der Waals surface area contributed by atoms with Crippen LogP contribution in [0.1, 0.15) is 48.0 Å². The van der Waals surface area contributed by atoms with Crippen LogP contribution in [0.3, 0.4) is 0 Å². The van der Waals surface area contributed by atoms with Gasteiger partial charge < -0.3 is 9.32 Å². The Hall–Kier alpha value is -2.60. The highest BCUT2D eigenvalue weighted by Gasteiger charge is 2.30. The molecule has 0 radical (unpaired) electrons. The fraction of sp³-hybridized carbons (Fsp3) is 0.348. The Balaban J connectivity index is 1.48. The third kappa shape index (κ3) is 4.88. The van der Waals surface area contributed by atoms with Crippen LogP contribution in [0.2, 0.25) is 0 Å². The zero-order valence-corrected chi connectivity index (χ0v) is 17.3. The van der Waals surface area contributed by atoms with Gasteiger partial charge >= 0.3 is 0 Å². The van der Waals surface area contributed by atoms with Gasteiger partial charge in [0.25, 0.3) is 5.22 Å². The molecule has 0 N–H and O–H groups in total. The monoisotopic (exact) mass is 407 g/mol. The molecule has 3 aromatic rings. The lowest BCUT2D eigenvalue weighted by atomic mass is 9.98. The first kappa shape index (κ1) is 19.7. The van der Waals surface area contributed by atoms with Gasteiger partial charge in [-0.25, -0.2) is 0 Å². The lowest BCUT2D eigenvalue weighted by Gasteiger charge is -2.22. The third-order valence-corrected chi connectivity index (χ3v) is 6.34. The summed E-state index contributed by atoms with van der Waals surface area (Å²) >= 11 is 1.35. The van der Waals surface area contributed by atoms with Crippen LogP contribution >= 0.6 is 11.8 Å². The number of benzene rings is 2. The average molecular weight is 408 g/mol. The second-order valence-electron chi connectivity index (χ2n) is 7.42. The van der Waals surface area contributed by atoms with Gasteiger partial charge in [-0.05, 0) is 41.6 Å². The molecule has 1 fully saturated rings. The fourth-order valence-electron chi connectivity index (χ4n) is 3.62. The molecule has 2 atom stereocenters. The highest BCUT2D eigenvalue weighted by atomic mass is 32.2. The molecule has 0 saturated carbocycles. The average Bonchev–Trinajstić information content (AvgIpc) is 3.45. The predicted molar refractivity (Wildman–Crippen MR) is 114 cm³/mol. The second-order valence-corrected chi connectivity index (χ2v) is 8.47. The molecule has 1 aliphatic heterocycles. The van der Waals surface area contributed by atoms with E-state index >= 15 is 0 Å². The van der Waals surface area contributed by atoms with Gasteiger partial charge in [-0.2, -0.15) is 0 Å². The highest BCUT2D eigenvalue weighted by molar-refractivity contribution is 8.00. The maximum absolute atomic E-state index is 13.1. The van der Waals surface area contributed by atoms with Gasteiger partial charge in [0.05, 0.1) is 0 Å². The van der Waals surface area contributed by atoms with Crippen LogP contribution in [-0.4, -0.2) is 34.1 Å². The fourth-order valence-corrected chi connectivity index (χ4v) is 4.60. The maximum Gasteiger partial charge on any atom is 0.277 e. The Morgan fingerprint density at radius 1 is 1.00 bits per heavy atom. The number of hydrogen-bond acceptors (Lipinski definition) is 5. The number of thioether (sulfide) groups is 1. The van der Waals surface area contributed by atoms with Gasteiger partial charge in [0.15, 0.2) is 0 Å². The first-order valence-corrected chi connectivity index (χ1v) is 11.0. The number of nitrogens with zero attached hydrogens (tertiary/aromatic N) is 3. The number of rotatable bonds is 7. The van der Waals surface area contributed by atoms with E-state index < -0.39 is 0 Å². The molecular formula is C23H25N3O2S. The minimum atomic E-state index is -0.367. The van der Waals surface area contributed by atoms with Crippen LogP contribution in [0.5, 0.6) is 0 Å². The summed E-state index contributed by atoms with van der Waals surface area (Å²) in [7, 11) is 0. The van der Waals surface area contributed by atoms with Crippen molar-refractivity contribution in [1.29, 1.82) is 0 Å². The van der Waals surface area contributed by atoms with Gasteiger partial charge in [0, 0.05) is 19.5 Å². The van der Waals surface area contributed by atoms with Crippen molar-refractivity contribution >= 4 is 17.7 Å². The van der Waals surface area contributed by atoms with Gasteiger partial charge in [0.2, 0.25) is 11.8 Å². The maximum atomic E-state index is 13.1. The molecule has 150 valence electrons. The summed E-state index contributed by atoms with van der Waals surface area (Å²) in [5, 5.41) is 8.52. The Labute approximate surface area is 175 Å². The molecule has 0 spiro atoms. The highest BCUT2D eigenvalue weighted by Crippen LogP contribution is 2.37. The van der Waals surface area contributed by atoms with E-state index in [-0.39, 0.29) is 17.1 Å². The van der Waals surface area contributed by atoms with E-state index in [9.17, 15) is 4.79 Å². The minimum absolute atomic E-state index is 0.121. The quantitative estimate of drug-likeness (QED) is 0.523. The summed E-state index contributed by atoms with van der Waals surface area (Å²) < 4.78 is 5.91. The van der Waals surface area contributed by atoms with Crippen LogP contribution in [0.15, 0.2) is 70.3 Å². The molecule has 2 heterocycles. The summed E-state index contributed by atoms with van der Waals surface area (Å²) in [6, 6.07) is 20.2. The molecule has 4 rings (SSSR count). The molecule has 6 heteroatoms. The molecule has 29 heavy (non-hydrogen) atoms. The normalized spacial score (nSPS) is 16.0. The van der Waals surface area contributed by atoms with E-state index in [1.807, 2.05) is 53.4 Å². The van der Waals surface area contributed by atoms with Crippen molar-refractivity contribution < 1.29 is 9.21 Å². The standard InChI is InChI=1S/C23H25N3O2S/c1-17(18-10-4-2-5-11-18)16-20-24-25-23(28-20)29-21(19-12-6-3-7-13-19)22(27)26-14-8-9-15-26/h2-7,10-13,17,21H,8-9,14-16H2,1H3. The van der Waals surface area contributed by atoms with Crippen molar-refractivity contribution in [2.24, 2.45) is 0 Å². The zero-order valence-electron chi connectivity index (χ0n) is 16.5. The lowest BCUT2D eigenvalue weighted by Crippen LogP contribution is -2.31. The zero-order chi connectivity index (χ0) is 20.1. The number of likely N-dealkylation sites (tertiary alicyclic amines) is 1. The van der Waals surface area contributed by atoms with Gasteiger partial charge in [-0.15, -0.1) is 10.2 Å². The van der Waals surface area contributed by atoms with Gasteiger partial charge in [0.1, 0.15) is 5.25 Å². The van der Waals surface area contributed by atoms with E-state index in [4.69, 9.17) is 4.42 Å². The Morgan fingerprint density at radius 2 is 1.62 bits per heavy atom. The summed E-state index contributed by atoms with van der Waals surface area (Å²) in [6.45, 7) is 3.80. The molecule has 5 nitrogen and oxygen atoms in total. The topological polar surface area (TPSA) is 59.2 Å². The number of carbonyl (C=O) groups excluding carboxylic acids is 1. The first-order valence-electron chi connectivity index (χ1n) is 10.1. The van der Waals surface area contributed by atoms with E-state index in [1.54, 1.807) is 0 Å². The van der Waals surface area contributed by atoms with E-state index in [1.165, 1.54) is 17.3 Å². The Bertz CT molecular complexity index is 924. The van der Waals surface area contributed by atoms with Crippen molar-refractivity contribution in [2.45, 2.75) is 42.6 Å². The molecule has 1 amide bonds. The summed E-state index contributed by atoms with van der Waals surface area (Å²) in [6.07, 6.45) is 2.81. The Kier molecular flexibility index (Phi) is 6.30. The largest absolute Gasteiger partial charge is 0.416 e. The van der Waals surface area contributed by atoms with Crippen molar-refractivity contribution in [2.75, 3.05) is 13.1 Å². The second kappa shape index (κ2) is 9.27. The number of aromatic nitrogens is 2. The Morgan fingerprint density at radius 3 is 2.28 bits per heavy atom. The van der Waals surface area contributed by atoms with Gasteiger partial charge in [-0.3, -0.25) is 4.79 Å². The van der Waals surface area contributed by atoms with Crippen molar-refractivity contribution in [3.05, 3.63) is 77.7 Å². The number of carbonyl (C=O) groups is 1. The van der Waals surface area contributed by atoms with Crippen molar-refractivity contribution in [3.8, 4) is 0 Å². The van der Waals surface area contributed by atoms with E-state index in [0.29, 0.717) is 17.5 Å². The number of amides is 1. The molecule has 1 aliphatic rings. The van der Waals surface area contributed by atoms with Gasteiger partial charge in [-0.1, -0.05) is 67.6 Å². The molecule has 2 aromatic carbocycles. The summed E-state index contributed by atoms with van der Waals surface area (Å²) in [5.41, 5.74) is 2.21. The lowest BCUT2D eigenvalue weighted by molar-refractivity contribution is -0.129. The first-order chi connectivity index (χ1) is 14.2. The molecular weight excluding hydrogens is 382 g/mol. The molecule has 1 aromatic heterocycles. The number of hydrogen-bond donors (Lipinski definition) is 0. The molecule has 1 saturated heterocycles. The third-order valence-electron chi connectivity index (χ3n) is 5.26. The van der Waals surface area contributed by atoms with Crippen LogP contribution in [0.4, 0.5) is 0 Å². The minimum Gasteiger partial charge on any atom is -0.416 e. The molecule has 2 unspecified atom stereocenters. The van der Waals surface area contributed by atoms with Crippen LogP contribution < -0.4 is 0 Å². The SMILES string of the molecule is CC(Cc1nnc(SC(C(=O)N2CCCC2)c2ccccc2)o1)c1ccccc1. The van der Waals surface area contributed by atoms with Crippen LogP contribution in [0, 0.1) is 0 Å².